The number of nitrogens with one attached hydrogen (secondary N) is 2. The predicted molar refractivity (Wildman–Crippen MR) is 61.8 cm³/mol. The second-order valence-corrected chi connectivity index (χ2v) is 3.77. The Labute approximate surface area is 99.0 Å². The molecular formula is C11H14ClFN2O. The maximum absolute atomic E-state index is 13.3. The van der Waals surface area contributed by atoms with Gasteiger partial charge in [-0.05, 0) is 12.1 Å². The van der Waals surface area contributed by atoms with Crippen LogP contribution in [0, 0.1) is 5.82 Å². The van der Waals surface area contributed by atoms with Gasteiger partial charge >= 0.3 is 0 Å². The van der Waals surface area contributed by atoms with Gasteiger partial charge < -0.3 is 10.6 Å². The Hall–Kier alpha value is -1.13. The van der Waals surface area contributed by atoms with Gasteiger partial charge in [0, 0.05) is 37.1 Å². The number of halogens is 2. The van der Waals surface area contributed by atoms with Crippen LogP contribution in [0.1, 0.15) is 12.5 Å². The van der Waals surface area contributed by atoms with Crippen LogP contribution in [0.2, 0.25) is 5.02 Å². The maximum atomic E-state index is 13.3. The van der Waals surface area contributed by atoms with Gasteiger partial charge in [0.15, 0.2) is 0 Å². The molecule has 1 aromatic carbocycles. The first kappa shape index (κ1) is 12.9. The van der Waals surface area contributed by atoms with E-state index < -0.39 is 0 Å². The van der Waals surface area contributed by atoms with E-state index in [1.165, 1.54) is 13.0 Å². The lowest BCUT2D eigenvalue weighted by atomic mass is 10.2. The van der Waals surface area contributed by atoms with E-state index >= 15 is 0 Å². The average molecular weight is 245 g/mol. The molecule has 0 aromatic heterocycles. The van der Waals surface area contributed by atoms with Crippen LogP contribution in [-0.4, -0.2) is 19.0 Å². The maximum Gasteiger partial charge on any atom is 0.216 e. The van der Waals surface area contributed by atoms with Crippen LogP contribution in [0.15, 0.2) is 18.2 Å². The molecular weight excluding hydrogens is 231 g/mol. The highest BCUT2D eigenvalue weighted by atomic mass is 35.5. The summed E-state index contributed by atoms with van der Waals surface area (Å²) in [5.74, 6) is -0.398. The highest BCUT2D eigenvalue weighted by molar-refractivity contribution is 6.31. The van der Waals surface area contributed by atoms with Crippen LogP contribution < -0.4 is 10.6 Å². The first-order chi connectivity index (χ1) is 7.61. The minimum atomic E-state index is -0.320. The Kier molecular flexibility index (Phi) is 5.22. The van der Waals surface area contributed by atoms with Gasteiger partial charge in [-0.2, -0.15) is 0 Å². The Morgan fingerprint density at radius 2 is 2.19 bits per heavy atom. The smallest absolute Gasteiger partial charge is 0.216 e. The number of carbonyl (C=O) groups excluding carboxylic acids is 1. The second kappa shape index (κ2) is 6.45. The van der Waals surface area contributed by atoms with Gasteiger partial charge in [0.2, 0.25) is 5.91 Å². The Morgan fingerprint density at radius 3 is 2.81 bits per heavy atom. The molecule has 0 radical (unpaired) electrons. The third-order valence-electron chi connectivity index (χ3n) is 2.04. The monoisotopic (exact) mass is 244 g/mol. The molecule has 2 N–H and O–H groups in total. The Bertz CT molecular complexity index is 351. The summed E-state index contributed by atoms with van der Waals surface area (Å²) in [5.41, 5.74) is 0.451. The van der Waals surface area contributed by atoms with Crippen molar-refractivity contribution in [2.75, 3.05) is 13.1 Å². The molecule has 0 saturated carbocycles. The highest BCUT2D eigenvalue weighted by Gasteiger charge is 2.05. The molecule has 0 saturated heterocycles. The average Bonchev–Trinajstić information content (AvgIpc) is 2.21. The summed E-state index contributed by atoms with van der Waals surface area (Å²) in [5, 5.41) is 6.04. The number of hydrogen-bond acceptors (Lipinski definition) is 2. The third kappa shape index (κ3) is 4.16. The van der Waals surface area contributed by atoms with Crippen molar-refractivity contribution in [3.63, 3.8) is 0 Å². The molecule has 0 fully saturated rings. The van der Waals surface area contributed by atoms with Crippen LogP contribution in [-0.2, 0) is 11.3 Å². The summed E-state index contributed by atoms with van der Waals surface area (Å²) in [6.45, 7) is 2.89. The van der Waals surface area contributed by atoms with Gasteiger partial charge in [-0.25, -0.2) is 4.39 Å². The standard InChI is InChI=1S/C11H14ClFN2O/c1-8(16)15-6-5-14-7-9-10(12)3-2-4-11(9)13/h2-4,14H,5-7H2,1H3,(H,15,16). The molecule has 3 nitrogen and oxygen atoms in total. The number of benzene rings is 1. The highest BCUT2D eigenvalue weighted by Crippen LogP contribution is 2.18. The van der Waals surface area contributed by atoms with Gasteiger partial charge in [-0.1, -0.05) is 17.7 Å². The number of amides is 1. The van der Waals surface area contributed by atoms with Crippen LogP contribution in [0.25, 0.3) is 0 Å². The van der Waals surface area contributed by atoms with Gasteiger partial charge in [0.1, 0.15) is 5.82 Å². The van der Waals surface area contributed by atoms with E-state index in [4.69, 9.17) is 11.6 Å². The van der Waals surface area contributed by atoms with Crippen molar-refractivity contribution in [2.45, 2.75) is 13.5 Å². The lowest BCUT2D eigenvalue weighted by molar-refractivity contribution is -0.118. The number of carbonyl (C=O) groups is 1. The summed E-state index contributed by atoms with van der Waals surface area (Å²) in [7, 11) is 0. The van der Waals surface area contributed by atoms with Crippen molar-refractivity contribution in [1.82, 2.24) is 10.6 Å². The molecule has 1 aromatic rings. The fourth-order valence-corrected chi connectivity index (χ4v) is 1.47. The van der Waals surface area contributed by atoms with E-state index in [1.54, 1.807) is 12.1 Å². The minimum Gasteiger partial charge on any atom is -0.355 e. The minimum absolute atomic E-state index is 0.0780. The van der Waals surface area contributed by atoms with E-state index in [-0.39, 0.29) is 11.7 Å². The van der Waals surface area contributed by atoms with E-state index in [0.717, 1.165) is 0 Å². The van der Waals surface area contributed by atoms with E-state index in [0.29, 0.717) is 30.2 Å². The molecule has 0 bridgehead atoms. The molecule has 0 heterocycles. The van der Waals surface area contributed by atoms with Crippen LogP contribution in [0.3, 0.4) is 0 Å². The molecule has 0 unspecified atom stereocenters. The second-order valence-electron chi connectivity index (χ2n) is 3.36. The molecule has 1 rings (SSSR count). The fraction of sp³-hybridized carbons (Fsp3) is 0.364. The molecule has 0 spiro atoms. The van der Waals surface area contributed by atoms with Crippen molar-refractivity contribution in [1.29, 1.82) is 0 Å². The SMILES string of the molecule is CC(=O)NCCNCc1c(F)cccc1Cl. The molecule has 0 aliphatic carbocycles. The summed E-state index contributed by atoms with van der Waals surface area (Å²) in [4.78, 5) is 10.6. The first-order valence-electron chi connectivity index (χ1n) is 4.99. The van der Waals surface area contributed by atoms with Gasteiger partial charge in [-0.15, -0.1) is 0 Å². The van der Waals surface area contributed by atoms with E-state index in [1.807, 2.05) is 0 Å². The largest absolute Gasteiger partial charge is 0.355 e. The Balaban J connectivity index is 2.34. The van der Waals surface area contributed by atoms with E-state index in [9.17, 15) is 9.18 Å². The summed E-state index contributed by atoms with van der Waals surface area (Å²) >= 11 is 5.84. The fourth-order valence-electron chi connectivity index (χ4n) is 1.24. The van der Waals surface area contributed by atoms with Crippen molar-refractivity contribution in [3.8, 4) is 0 Å². The lowest BCUT2D eigenvalue weighted by Gasteiger charge is -2.07. The van der Waals surface area contributed by atoms with Gasteiger partial charge in [0.25, 0.3) is 0 Å². The topological polar surface area (TPSA) is 41.1 Å². The quantitative estimate of drug-likeness (QED) is 0.775. The normalized spacial score (nSPS) is 10.2. The van der Waals surface area contributed by atoms with Crippen LogP contribution in [0.4, 0.5) is 4.39 Å². The zero-order valence-corrected chi connectivity index (χ0v) is 9.77. The van der Waals surface area contributed by atoms with Gasteiger partial charge in [0.05, 0.1) is 0 Å². The Morgan fingerprint density at radius 1 is 1.44 bits per heavy atom. The van der Waals surface area contributed by atoms with Crippen molar-refractivity contribution in [3.05, 3.63) is 34.6 Å². The molecule has 5 heteroatoms. The third-order valence-corrected chi connectivity index (χ3v) is 2.39. The van der Waals surface area contributed by atoms with Crippen LogP contribution >= 0.6 is 11.6 Å². The summed E-state index contributed by atoms with van der Waals surface area (Å²) in [6, 6.07) is 4.59. The molecule has 1 amide bonds. The number of hydrogen-bond donors (Lipinski definition) is 2. The molecule has 0 atom stereocenters. The summed E-state index contributed by atoms with van der Waals surface area (Å²) < 4.78 is 13.3. The van der Waals surface area contributed by atoms with Crippen LogP contribution in [0.5, 0.6) is 0 Å². The molecule has 88 valence electrons. The first-order valence-corrected chi connectivity index (χ1v) is 5.37. The molecule has 16 heavy (non-hydrogen) atoms. The van der Waals surface area contributed by atoms with Crippen molar-refractivity contribution in [2.24, 2.45) is 0 Å². The number of rotatable bonds is 5. The zero-order valence-electron chi connectivity index (χ0n) is 9.02. The summed E-state index contributed by atoms with van der Waals surface area (Å²) in [6.07, 6.45) is 0. The molecule has 0 aliphatic rings. The van der Waals surface area contributed by atoms with Crippen molar-refractivity contribution < 1.29 is 9.18 Å². The molecule has 0 aliphatic heterocycles. The van der Waals surface area contributed by atoms with E-state index in [2.05, 4.69) is 10.6 Å². The predicted octanol–water partition coefficient (Wildman–Crippen LogP) is 1.70. The zero-order chi connectivity index (χ0) is 12.0. The van der Waals surface area contributed by atoms with Gasteiger partial charge in [-0.3, -0.25) is 4.79 Å². The lowest BCUT2D eigenvalue weighted by Crippen LogP contribution is -2.30. The van der Waals surface area contributed by atoms with Crippen molar-refractivity contribution >= 4 is 17.5 Å².